The molecule has 0 aliphatic carbocycles. The third-order valence-corrected chi connectivity index (χ3v) is 4.65. The van der Waals surface area contributed by atoms with Gasteiger partial charge < -0.3 is 29.8 Å². The fraction of sp³-hybridized carbons (Fsp3) is 0.583. The molecule has 2 unspecified atom stereocenters. The van der Waals surface area contributed by atoms with Crippen LogP contribution in [0.5, 0.6) is 11.5 Å². The third kappa shape index (κ3) is 9.78. The summed E-state index contributed by atoms with van der Waals surface area (Å²) in [5.41, 5.74) is 6.10. The van der Waals surface area contributed by atoms with Gasteiger partial charge in [0.05, 0.1) is 6.61 Å². The fourth-order valence-electron chi connectivity index (χ4n) is 2.85. The number of benzene rings is 1. The maximum absolute atomic E-state index is 12.0. The highest BCUT2D eigenvalue weighted by Gasteiger charge is 2.30. The molecule has 0 aliphatic heterocycles. The number of nitrogens with two attached hydrogens (primary N) is 1. The van der Waals surface area contributed by atoms with Crippen LogP contribution in [0.15, 0.2) is 18.2 Å². The average Bonchev–Trinajstić information content (AvgIpc) is 2.75. The van der Waals surface area contributed by atoms with E-state index in [1.807, 2.05) is 20.8 Å². The van der Waals surface area contributed by atoms with Gasteiger partial charge in [0.1, 0.15) is 12.1 Å². The van der Waals surface area contributed by atoms with E-state index < -0.39 is 42.1 Å². The van der Waals surface area contributed by atoms with E-state index in [0.29, 0.717) is 5.56 Å². The number of rotatable bonds is 11. The number of hydrogen-bond donors (Lipinski definition) is 2. The van der Waals surface area contributed by atoms with Crippen molar-refractivity contribution in [1.29, 1.82) is 0 Å². The zero-order chi connectivity index (χ0) is 26.1. The predicted octanol–water partition coefficient (Wildman–Crippen LogP) is 3.79. The van der Waals surface area contributed by atoms with Gasteiger partial charge in [-0.2, -0.15) is 0 Å². The van der Waals surface area contributed by atoms with Crippen LogP contribution >= 0.6 is 0 Å². The van der Waals surface area contributed by atoms with E-state index in [4.69, 9.17) is 24.7 Å². The first kappa shape index (κ1) is 28.9. The second-order valence-electron chi connectivity index (χ2n) is 9.10. The first-order chi connectivity index (χ1) is 15.8. The molecule has 0 saturated heterocycles. The summed E-state index contributed by atoms with van der Waals surface area (Å²) < 4.78 is 20.9. The zero-order valence-electron chi connectivity index (χ0n) is 20.6. The van der Waals surface area contributed by atoms with Crippen LogP contribution < -0.4 is 15.2 Å². The van der Waals surface area contributed by atoms with E-state index in [0.717, 1.165) is 0 Å². The van der Waals surface area contributed by atoms with Crippen LogP contribution in [0.2, 0.25) is 0 Å². The summed E-state index contributed by atoms with van der Waals surface area (Å²) in [5.74, 6) is -3.19. The molecule has 0 heterocycles. The molecular weight excluding hydrogens is 446 g/mol. The fourth-order valence-corrected chi connectivity index (χ4v) is 2.85. The van der Waals surface area contributed by atoms with Gasteiger partial charge in [-0.25, -0.2) is 4.79 Å². The molecule has 0 spiro atoms. The van der Waals surface area contributed by atoms with Crippen LogP contribution in [0.1, 0.15) is 72.3 Å². The molecule has 1 rings (SSSR count). The van der Waals surface area contributed by atoms with E-state index in [2.05, 4.69) is 0 Å². The molecule has 0 bridgehead atoms. The number of carboxylic acids is 1. The first-order valence-electron chi connectivity index (χ1n) is 11.1. The second-order valence-corrected chi connectivity index (χ2v) is 9.10. The van der Waals surface area contributed by atoms with Crippen LogP contribution in [0, 0.1) is 5.41 Å². The maximum Gasteiger partial charge on any atom is 0.508 e. The molecule has 0 aromatic heterocycles. The number of hydrogen-bond acceptors (Lipinski definition) is 9. The Bertz CT molecular complexity index is 876. The molecule has 0 aliphatic rings. The van der Waals surface area contributed by atoms with Crippen LogP contribution in [0.25, 0.3) is 0 Å². The zero-order valence-corrected chi connectivity index (χ0v) is 20.6. The molecule has 34 heavy (non-hydrogen) atoms. The number of esters is 2. The molecule has 0 radical (unpaired) electrons. The lowest BCUT2D eigenvalue weighted by atomic mass is 9.87. The van der Waals surface area contributed by atoms with Crippen LogP contribution in [-0.2, 0) is 23.9 Å². The summed E-state index contributed by atoms with van der Waals surface area (Å²) in [6, 6.07) is 2.99. The molecule has 0 amide bonds. The Balaban J connectivity index is 3.19. The Morgan fingerprint density at radius 3 is 2.06 bits per heavy atom. The van der Waals surface area contributed by atoms with Gasteiger partial charge >= 0.3 is 24.1 Å². The normalized spacial score (nSPS) is 13.9. The van der Waals surface area contributed by atoms with Gasteiger partial charge in [0.15, 0.2) is 11.5 Å². The van der Waals surface area contributed by atoms with Crippen molar-refractivity contribution in [2.24, 2.45) is 11.1 Å². The van der Waals surface area contributed by atoms with Crippen molar-refractivity contribution < 1.29 is 43.2 Å². The van der Waals surface area contributed by atoms with Crippen molar-refractivity contribution in [3.05, 3.63) is 23.8 Å². The Morgan fingerprint density at radius 1 is 1.00 bits per heavy atom. The lowest BCUT2D eigenvalue weighted by molar-refractivity contribution is -0.139. The van der Waals surface area contributed by atoms with Crippen molar-refractivity contribution >= 4 is 24.1 Å². The smallest absolute Gasteiger partial charge is 0.480 e. The van der Waals surface area contributed by atoms with Crippen molar-refractivity contribution in [2.75, 3.05) is 6.61 Å². The van der Waals surface area contributed by atoms with Crippen molar-refractivity contribution in [2.45, 2.75) is 78.9 Å². The molecule has 10 nitrogen and oxygen atoms in total. The molecule has 1 aromatic rings. The molecule has 0 saturated carbocycles. The highest BCUT2D eigenvalue weighted by atomic mass is 16.7. The summed E-state index contributed by atoms with van der Waals surface area (Å²) in [5, 5.41) is 9.53. The number of ether oxygens (including phenoxy) is 4. The quantitative estimate of drug-likeness (QED) is 0.353. The minimum atomic E-state index is -1.35. The van der Waals surface area contributed by atoms with Crippen LogP contribution in [-0.4, -0.2) is 47.9 Å². The predicted molar refractivity (Wildman–Crippen MR) is 123 cm³/mol. The number of carboxylic acid groups (broad SMARTS) is 1. The molecule has 0 fully saturated rings. The standard InChI is InChI=1S/C24H35NO9/c1-7-19(26)33-17-10-9-15(12-18(17)34-20(27)8-2)16(21(25)22(28)29)11-14(3)32-23(30)31-13-24(4,5)6/h9-10,12,14,16,21H,7-8,11,13,25H2,1-6H3,(H,28,29)/t14?,16?,21-/m0/s1. The second kappa shape index (κ2) is 12.9. The molecular formula is C24H35NO9. The highest BCUT2D eigenvalue weighted by molar-refractivity contribution is 5.77. The number of carbonyl (C=O) groups excluding carboxylic acids is 3. The van der Waals surface area contributed by atoms with Crippen molar-refractivity contribution in [1.82, 2.24) is 0 Å². The van der Waals surface area contributed by atoms with E-state index in [-0.39, 0.29) is 42.8 Å². The van der Waals surface area contributed by atoms with Gasteiger partial charge in [-0.1, -0.05) is 40.7 Å². The highest BCUT2D eigenvalue weighted by Crippen LogP contribution is 2.35. The summed E-state index contributed by atoms with van der Waals surface area (Å²) in [6.45, 7) is 10.7. The van der Waals surface area contributed by atoms with Crippen molar-refractivity contribution in [3.63, 3.8) is 0 Å². The number of aliphatic carboxylic acids is 1. The van der Waals surface area contributed by atoms with Gasteiger partial charge in [0.2, 0.25) is 0 Å². The lowest BCUT2D eigenvalue weighted by Crippen LogP contribution is -2.38. The SMILES string of the molecule is CCC(=O)Oc1ccc(C(CC(C)OC(=O)OCC(C)(C)C)[C@H](N)C(=O)O)cc1OC(=O)CC. The van der Waals surface area contributed by atoms with E-state index in [1.165, 1.54) is 18.2 Å². The van der Waals surface area contributed by atoms with Crippen molar-refractivity contribution in [3.8, 4) is 11.5 Å². The Kier molecular flexibility index (Phi) is 11.0. The molecule has 1 aromatic carbocycles. The maximum atomic E-state index is 12.0. The average molecular weight is 482 g/mol. The number of carbonyl (C=O) groups is 4. The van der Waals surface area contributed by atoms with E-state index in [1.54, 1.807) is 20.8 Å². The van der Waals surface area contributed by atoms with Crippen LogP contribution in [0.3, 0.4) is 0 Å². The summed E-state index contributed by atoms with van der Waals surface area (Å²) in [4.78, 5) is 47.3. The topological polar surface area (TPSA) is 151 Å². The summed E-state index contributed by atoms with van der Waals surface area (Å²) >= 11 is 0. The van der Waals surface area contributed by atoms with Crippen LogP contribution in [0.4, 0.5) is 4.79 Å². The summed E-state index contributed by atoms with van der Waals surface area (Å²) in [6.07, 6.45) is -1.37. The largest absolute Gasteiger partial charge is 0.508 e. The van der Waals surface area contributed by atoms with E-state index >= 15 is 0 Å². The minimum absolute atomic E-state index is 0.0232. The molecule has 3 atom stereocenters. The Labute approximate surface area is 199 Å². The monoisotopic (exact) mass is 481 g/mol. The van der Waals surface area contributed by atoms with Gasteiger partial charge in [-0.15, -0.1) is 0 Å². The van der Waals surface area contributed by atoms with Gasteiger partial charge in [-0.3, -0.25) is 14.4 Å². The summed E-state index contributed by atoms with van der Waals surface area (Å²) in [7, 11) is 0. The lowest BCUT2D eigenvalue weighted by Gasteiger charge is -2.25. The van der Waals surface area contributed by atoms with Gasteiger partial charge in [0, 0.05) is 18.8 Å². The third-order valence-electron chi connectivity index (χ3n) is 4.65. The van der Waals surface area contributed by atoms with E-state index in [9.17, 15) is 24.3 Å². The molecule has 10 heteroatoms. The first-order valence-corrected chi connectivity index (χ1v) is 11.1. The Hall–Kier alpha value is -3.14. The van der Waals surface area contributed by atoms with Gasteiger partial charge in [-0.05, 0) is 36.5 Å². The molecule has 190 valence electrons. The minimum Gasteiger partial charge on any atom is -0.480 e. The van der Waals surface area contributed by atoms with Gasteiger partial charge in [0.25, 0.3) is 0 Å². The molecule has 3 N–H and O–H groups in total. The Morgan fingerprint density at radius 2 is 1.56 bits per heavy atom.